The molecule has 174 valence electrons. The molecule has 0 spiro atoms. The van der Waals surface area contributed by atoms with Gasteiger partial charge in [0.25, 0.3) is 11.8 Å². The van der Waals surface area contributed by atoms with Crippen molar-refractivity contribution in [2.75, 3.05) is 13.1 Å². The predicted octanol–water partition coefficient (Wildman–Crippen LogP) is 2.27. The third-order valence-electron chi connectivity index (χ3n) is 5.56. The molecule has 9 heteroatoms. The maximum absolute atomic E-state index is 13.1. The van der Waals surface area contributed by atoms with Crippen LogP contribution < -0.4 is 10.6 Å². The van der Waals surface area contributed by atoms with Gasteiger partial charge in [-0.25, -0.2) is 9.18 Å². The van der Waals surface area contributed by atoms with Crippen LogP contribution in [0.2, 0.25) is 0 Å². The van der Waals surface area contributed by atoms with E-state index in [0.717, 1.165) is 10.5 Å². The molecule has 4 amide bonds. The van der Waals surface area contributed by atoms with E-state index in [1.807, 2.05) is 0 Å². The first-order valence-corrected chi connectivity index (χ1v) is 10.7. The minimum atomic E-state index is -1.25. The summed E-state index contributed by atoms with van der Waals surface area (Å²) in [6.45, 7) is 2.84. The quantitative estimate of drug-likeness (QED) is 0.446. The normalized spacial score (nSPS) is 18.6. The van der Waals surface area contributed by atoms with Crippen LogP contribution in [0.4, 0.5) is 9.18 Å². The highest BCUT2D eigenvalue weighted by Crippen LogP contribution is 2.32. The molecular formula is C24H26FN3O5. The molecule has 0 bridgehead atoms. The van der Waals surface area contributed by atoms with E-state index in [-0.39, 0.29) is 12.4 Å². The number of urea groups is 1. The molecule has 2 aromatic rings. The van der Waals surface area contributed by atoms with Gasteiger partial charge in [-0.1, -0.05) is 49.4 Å². The summed E-state index contributed by atoms with van der Waals surface area (Å²) in [5.41, 5.74) is 0.218. The Labute approximate surface area is 191 Å². The van der Waals surface area contributed by atoms with E-state index in [0.29, 0.717) is 18.4 Å². The molecule has 0 aromatic heterocycles. The second-order valence-corrected chi connectivity index (χ2v) is 7.75. The van der Waals surface area contributed by atoms with Crippen LogP contribution in [0.25, 0.3) is 0 Å². The van der Waals surface area contributed by atoms with Crippen molar-refractivity contribution < 1.29 is 28.3 Å². The molecule has 1 heterocycles. The van der Waals surface area contributed by atoms with Crippen molar-refractivity contribution in [3.63, 3.8) is 0 Å². The van der Waals surface area contributed by atoms with Crippen LogP contribution in [0.15, 0.2) is 54.6 Å². The third kappa shape index (κ3) is 5.36. The first-order valence-electron chi connectivity index (χ1n) is 10.7. The standard InChI is InChI=1S/C24H26FN3O5/c1-3-24(18-7-5-4-6-8-18)22(31)28(23(32)27-24)15-20(29)33-16(2)21(30)26-14-13-17-9-11-19(25)12-10-17/h4-12,16H,3,13-15H2,1-2H3,(H,26,30)(H,27,32). The number of nitrogens with zero attached hydrogens (tertiary/aromatic N) is 1. The number of hydrogen-bond donors (Lipinski definition) is 2. The molecule has 1 saturated heterocycles. The van der Waals surface area contributed by atoms with Gasteiger partial charge < -0.3 is 15.4 Å². The highest BCUT2D eigenvalue weighted by atomic mass is 19.1. The molecule has 2 N–H and O–H groups in total. The fourth-order valence-corrected chi connectivity index (χ4v) is 3.67. The number of halogens is 1. The first kappa shape index (κ1) is 23.9. The Morgan fingerprint density at radius 3 is 2.42 bits per heavy atom. The van der Waals surface area contributed by atoms with Crippen molar-refractivity contribution in [2.45, 2.75) is 38.3 Å². The number of hydrogen-bond acceptors (Lipinski definition) is 5. The van der Waals surface area contributed by atoms with Crippen molar-refractivity contribution in [3.8, 4) is 0 Å². The Balaban J connectivity index is 1.53. The summed E-state index contributed by atoms with van der Waals surface area (Å²) in [5, 5.41) is 5.32. The van der Waals surface area contributed by atoms with Gasteiger partial charge in [0.1, 0.15) is 17.9 Å². The molecule has 1 fully saturated rings. The van der Waals surface area contributed by atoms with Gasteiger partial charge in [-0.15, -0.1) is 0 Å². The van der Waals surface area contributed by atoms with Crippen molar-refractivity contribution in [3.05, 3.63) is 71.5 Å². The number of carbonyl (C=O) groups excluding carboxylic acids is 4. The third-order valence-corrected chi connectivity index (χ3v) is 5.56. The van der Waals surface area contributed by atoms with Gasteiger partial charge in [-0.2, -0.15) is 0 Å². The van der Waals surface area contributed by atoms with Crippen molar-refractivity contribution >= 4 is 23.8 Å². The Morgan fingerprint density at radius 2 is 1.79 bits per heavy atom. The topological polar surface area (TPSA) is 105 Å². The number of imide groups is 1. The fourth-order valence-electron chi connectivity index (χ4n) is 3.67. The van der Waals surface area contributed by atoms with E-state index in [2.05, 4.69) is 10.6 Å². The smallest absolute Gasteiger partial charge is 0.327 e. The SMILES string of the molecule is CCC1(c2ccccc2)NC(=O)N(CC(=O)OC(C)C(=O)NCCc2ccc(F)cc2)C1=O. The predicted molar refractivity (Wildman–Crippen MR) is 117 cm³/mol. The van der Waals surface area contributed by atoms with Gasteiger partial charge in [0.15, 0.2) is 6.10 Å². The maximum Gasteiger partial charge on any atom is 0.327 e. The lowest BCUT2D eigenvalue weighted by Gasteiger charge is -2.25. The van der Waals surface area contributed by atoms with Crippen LogP contribution >= 0.6 is 0 Å². The molecule has 0 aliphatic carbocycles. The average molecular weight is 455 g/mol. The first-order chi connectivity index (χ1) is 15.8. The molecular weight excluding hydrogens is 429 g/mol. The molecule has 0 radical (unpaired) electrons. The zero-order valence-corrected chi connectivity index (χ0v) is 18.5. The number of esters is 1. The molecule has 8 nitrogen and oxygen atoms in total. The summed E-state index contributed by atoms with van der Waals surface area (Å²) in [7, 11) is 0. The average Bonchev–Trinajstić information content (AvgIpc) is 3.05. The Bertz CT molecular complexity index is 1030. The van der Waals surface area contributed by atoms with E-state index in [1.165, 1.54) is 19.1 Å². The zero-order chi connectivity index (χ0) is 24.0. The summed E-state index contributed by atoms with van der Waals surface area (Å²) in [6, 6.07) is 14.0. The summed E-state index contributed by atoms with van der Waals surface area (Å²) < 4.78 is 18.1. The molecule has 2 unspecified atom stereocenters. The minimum Gasteiger partial charge on any atom is -0.451 e. The van der Waals surface area contributed by atoms with Crippen LogP contribution in [0, 0.1) is 5.82 Å². The monoisotopic (exact) mass is 455 g/mol. The molecule has 2 atom stereocenters. The Kier molecular flexibility index (Phi) is 7.42. The molecule has 3 rings (SSSR count). The highest BCUT2D eigenvalue weighted by Gasteiger charge is 2.51. The molecule has 33 heavy (non-hydrogen) atoms. The lowest BCUT2D eigenvalue weighted by molar-refractivity contribution is -0.156. The van der Waals surface area contributed by atoms with E-state index >= 15 is 0 Å². The van der Waals surface area contributed by atoms with Gasteiger partial charge in [-0.3, -0.25) is 19.3 Å². The molecule has 2 aromatic carbocycles. The zero-order valence-electron chi connectivity index (χ0n) is 18.5. The second kappa shape index (κ2) is 10.2. The number of benzene rings is 2. The largest absolute Gasteiger partial charge is 0.451 e. The Hall–Kier alpha value is -3.75. The number of rotatable bonds is 9. The van der Waals surface area contributed by atoms with Crippen LogP contribution in [0.1, 0.15) is 31.4 Å². The van der Waals surface area contributed by atoms with Crippen LogP contribution in [-0.2, 0) is 31.1 Å². The molecule has 0 saturated carbocycles. The van der Waals surface area contributed by atoms with Gasteiger partial charge >= 0.3 is 12.0 Å². The summed E-state index contributed by atoms with van der Waals surface area (Å²) >= 11 is 0. The van der Waals surface area contributed by atoms with E-state index in [1.54, 1.807) is 49.4 Å². The summed E-state index contributed by atoms with van der Waals surface area (Å²) in [6.07, 6.45) is -0.329. The number of carbonyl (C=O) groups is 4. The minimum absolute atomic E-state index is 0.273. The number of nitrogens with one attached hydrogen (secondary N) is 2. The van der Waals surface area contributed by atoms with Crippen LogP contribution in [0.5, 0.6) is 0 Å². The van der Waals surface area contributed by atoms with Gasteiger partial charge in [0, 0.05) is 6.54 Å². The summed E-state index contributed by atoms with van der Waals surface area (Å²) in [5.74, 6) is -2.28. The molecule has 1 aliphatic heterocycles. The second-order valence-electron chi connectivity index (χ2n) is 7.75. The van der Waals surface area contributed by atoms with Gasteiger partial charge in [0.05, 0.1) is 0 Å². The van der Waals surface area contributed by atoms with Crippen molar-refractivity contribution in [1.29, 1.82) is 0 Å². The van der Waals surface area contributed by atoms with Crippen LogP contribution in [-0.4, -0.2) is 47.9 Å². The van der Waals surface area contributed by atoms with Crippen LogP contribution in [0.3, 0.4) is 0 Å². The lowest BCUT2D eigenvalue weighted by Crippen LogP contribution is -2.44. The van der Waals surface area contributed by atoms with E-state index in [9.17, 15) is 23.6 Å². The fraction of sp³-hybridized carbons (Fsp3) is 0.333. The van der Waals surface area contributed by atoms with E-state index in [4.69, 9.17) is 4.74 Å². The lowest BCUT2D eigenvalue weighted by atomic mass is 9.87. The van der Waals surface area contributed by atoms with Gasteiger partial charge in [0.2, 0.25) is 0 Å². The number of amides is 4. The van der Waals surface area contributed by atoms with Gasteiger partial charge in [-0.05, 0) is 43.0 Å². The van der Waals surface area contributed by atoms with Crippen molar-refractivity contribution in [2.24, 2.45) is 0 Å². The van der Waals surface area contributed by atoms with Crippen molar-refractivity contribution in [1.82, 2.24) is 15.5 Å². The Morgan fingerprint density at radius 1 is 1.12 bits per heavy atom. The van der Waals surface area contributed by atoms with E-state index < -0.39 is 42.0 Å². The highest BCUT2D eigenvalue weighted by molar-refractivity contribution is 6.09. The maximum atomic E-state index is 13.1. The number of ether oxygens (including phenoxy) is 1. The molecule has 1 aliphatic rings. The summed E-state index contributed by atoms with van der Waals surface area (Å²) in [4.78, 5) is 50.9.